The van der Waals surface area contributed by atoms with Gasteiger partial charge in [-0.05, 0) is 22.9 Å². The van der Waals surface area contributed by atoms with Gasteiger partial charge in [0.2, 0.25) is 0 Å². The van der Waals surface area contributed by atoms with Gasteiger partial charge >= 0.3 is 5.97 Å². The molecule has 1 rings (SSSR count). The third-order valence-electron chi connectivity index (χ3n) is 1.46. The number of nitrogens with zero attached hydrogens (tertiary/aromatic N) is 2. The molecule has 1 aromatic rings. The molecule has 0 saturated carbocycles. The average Bonchev–Trinajstić information content (AvgIpc) is 2.52. The number of aromatic nitrogens is 1. The summed E-state index contributed by atoms with van der Waals surface area (Å²) in [7, 11) is 1.81. The second-order valence-electron chi connectivity index (χ2n) is 2.61. The molecule has 0 radical (unpaired) electrons. The Kier molecular flexibility index (Phi) is 4.34. The number of rotatable bonds is 4. The Bertz CT molecular complexity index is 316. The van der Waals surface area contributed by atoms with Crippen LogP contribution in [0, 0.1) is 0 Å². The minimum absolute atomic E-state index is 0.230. The lowest BCUT2D eigenvalue weighted by Crippen LogP contribution is -2.26. The lowest BCUT2D eigenvalue weighted by atomic mass is 10.6. The highest BCUT2D eigenvalue weighted by molar-refractivity contribution is 9.10. The highest BCUT2D eigenvalue weighted by Gasteiger charge is 2.10. The van der Waals surface area contributed by atoms with Gasteiger partial charge in [-0.1, -0.05) is 0 Å². The first-order chi connectivity index (χ1) is 6.63. The summed E-state index contributed by atoms with van der Waals surface area (Å²) < 4.78 is 5.61. The van der Waals surface area contributed by atoms with Crippen molar-refractivity contribution in [3.05, 3.63) is 9.98 Å². The predicted molar refractivity (Wildman–Crippen MR) is 59.7 cm³/mol. The largest absolute Gasteiger partial charge is 0.465 e. The van der Waals surface area contributed by atoms with Crippen LogP contribution in [0.1, 0.15) is 6.92 Å². The normalized spacial score (nSPS) is 9.93. The van der Waals surface area contributed by atoms with Gasteiger partial charge in [0.25, 0.3) is 0 Å². The fourth-order valence-electron chi connectivity index (χ4n) is 0.889. The van der Waals surface area contributed by atoms with Gasteiger partial charge in [0, 0.05) is 12.4 Å². The monoisotopic (exact) mass is 278 g/mol. The van der Waals surface area contributed by atoms with Crippen molar-refractivity contribution in [2.75, 3.05) is 25.1 Å². The number of anilines is 1. The van der Waals surface area contributed by atoms with Crippen LogP contribution in [0.15, 0.2) is 9.98 Å². The smallest absolute Gasteiger partial charge is 0.325 e. The highest BCUT2D eigenvalue weighted by Crippen LogP contribution is 2.22. The van der Waals surface area contributed by atoms with Crippen molar-refractivity contribution in [2.45, 2.75) is 6.92 Å². The fraction of sp³-hybridized carbons (Fsp3) is 0.500. The van der Waals surface area contributed by atoms with Crippen LogP contribution in [0.4, 0.5) is 5.13 Å². The number of likely N-dealkylation sites (N-methyl/N-ethyl adjacent to an activating group) is 1. The van der Waals surface area contributed by atoms with E-state index in [1.54, 1.807) is 11.8 Å². The van der Waals surface area contributed by atoms with E-state index in [0.717, 1.165) is 9.73 Å². The van der Waals surface area contributed by atoms with E-state index >= 15 is 0 Å². The van der Waals surface area contributed by atoms with E-state index in [1.165, 1.54) is 11.3 Å². The van der Waals surface area contributed by atoms with E-state index in [4.69, 9.17) is 4.74 Å². The Balaban J connectivity index is 2.50. The summed E-state index contributed by atoms with van der Waals surface area (Å²) >= 11 is 4.73. The van der Waals surface area contributed by atoms with Crippen LogP contribution in [0.3, 0.4) is 0 Å². The molecule has 0 aliphatic heterocycles. The molecule has 0 aromatic carbocycles. The van der Waals surface area contributed by atoms with Crippen molar-refractivity contribution in [3.8, 4) is 0 Å². The maximum Gasteiger partial charge on any atom is 0.325 e. The van der Waals surface area contributed by atoms with Gasteiger partial charge in [-0.25, -0.2) is 4.98 Å². The molecule has 0 fully saturated rings. The summed E-state index contributed by atoms with van der Waals surface area (Å²) in [6, 6.07) is 0. The summed E-state index contributed by atoms with van der Waals surface area (Å²) in [6.07, 6.45) is 0. The lowest BCUT2D eigenvalue weighted by Gasteiger charge is -2.13. The molecule has 0 amide bonds. The van der Waals surface area contributed by atoms with Crippen LogP contribution in [-0.4, -0.2) is 31.2 Å². The second-order valence-corrected chi connectivity index (χ2v) is 4.26. The number of esters is 1. The van der Waals surface area contributed by atoms with Crippen LogP contribution in [-0.2, 0) is 9.53 Å². The summed E-state index contributed by atoms with van der Waals surface area (Å²) in [4.78, 5) is 17.1. The zero-order valence-electron chi connectivity index (χ0n) is 7.99. The summed E-state index contributed by atoms with van der Waals surface area (Å²) in [5.74, 6) is -0.235. The van der Waals surface area contributed by atoms with Crippen molar-refractivity contribution in [1.82, 2.24) is 4.98 Å². The van der Waals surface area contributed by atoms with Crippen molar-refractivity contribution in [1.29, 1.82) is 0 Å². The average molecular weight is 279 g/mol. The molecule has 4 nitrogen and oxygen atoms in total. The van der Waals surface area contributed by atoms with Gasteiger partial charge in [-0.15, -0.1) is 11.3 Å². The molecule has 0 atom stereocenters. The molecule has 6 heteroatoms. The van der Waals surface area contributed by atoms with Gasteiger partial charge in [-0.3, -0.25) is 4.79 Å². The van der Waals surface area contributed by atoms with Crippen LogP contribution in [0.5, 0.6) is 0 Å². The molecule has 0 aliphatic carbocycles. The minimum atomic E-state index is -0.235. The van der Waals surface area contributed by atoms with Crippen molar-refractivity contribution in [2.24, 2.45) is 0 Å². The maximum absolute atomic E-state index is 11.1. The second kappa shape index (κ2) is 5.31. The van der Waals surface area contributed by atoms with Gasteiger partial charge in [0.15, 0.2) is 5.13 Å². The minimum Gasteiger partial charge on any atom is -0.465 e. The number of carbonyl (C=O) groups excluding carboxylic acids is 1. The van der Waals surface area contributed by atoms with Gasteiger partial charge in [0.05, 0.1) is 6.61 Å². The number of hydrogen-bond acceptors (Lipinski definition) is 5. The molecule has 78 valence electrons. The molecule has 14 heavy (non-hydrogen) atoms. The van der Waals surface area contributed by atoms with Crippen LogP contribution < -0.4 is 4.90 Å². The first-order valence-corrected chi connectivity index (χ1v) is 5.78. The molecule has 0 N–H and O–H groups in total. The Morgan fingerprint density at radius 3 is 3.00 bits per heavy atom. The molecule has 0 spiro atoms. The Labute approximate surface area is 95.0 Å². The lowest BCUT2D eigenvalue weighted by molar-refractivity contribution is -0.141. The Morgan fingerprint density at radius 2 is 2.50 bits per heavy atom. The standard InChI is InChI=1S/C8H11BrN2O2S/c1-3-13-7(12)4-11(2)8-10-6(9)5-14-8/h5H,3-4H2,1-2H3. The van der Waals surface area contributed by atoms with Crippen LogP contribution in [0.25, 0.3) is 0 Å². The number of halogens is 1. The SMILES string of the molecule is CCOC(=O)CN(C)c1nc(Br)cs1. The van der Waals surface area contributed by atoms with Crippen LogP contribution >= 0.6 is 27.3 Å². The van der Waals surface area contributed by atoms with E-state index in [0.29, 0.717) is 6.61 Å². The molecule has 1 aromatic heterocycles. The van der Waals surface area contributed by atoms with Crippen molar-refractivity contribution >= 4 is 38.4 Å². The quantitative estimate of drug-likeness (QED) is 0.789. The zero-order valence-corrected chi connectivity index (χ0v) is 10.4. The van der Waals surface area contributed by atoms with Gasteiger partial charge in [0.1, 0.15) is 11.1 Å². The molecule has 0 saturated heterocycles. The first kappa shape index (κ1) is 11.5. The van der Waals surface area contributed by atoms with E-state index in [-0.39, 0.29) is 12.5 Å². The summed E-state index contributed by atoms with van der Waals surface area (Å²) in [5, 5.41) is 2.67. The molecule has 0 bridgehead atoms. The number of ether oxygens (including phenoxy) is 1. The number of thiazole rings is 1. The fourth-order valence-corrected chi connectivity index (χ4v) is 2.11. The van der Waals surface area contributed by atoms with Crippen molar-refractivity contribution < 1.29 is 9.53 Å². The molecular formula is C8H11BrN2O2S. The molecular weight excluding hydrogens is 268 g/mol. The number of hydrogen-bond donors (Lipinski definition) is 0. The molecule has 1 heterocycles. The van der Waals surface area contributed by atoms with E-state index in [1.807, 2.05) is 12.4 Å². The molecule has 0 aliphatic rings. The maximum atomic E-state index is 11.1. The topological polar surface area (TPSA) is 42.4 Å². The van der Waals surface area contributed by atoms with E-state index in [2.05, 4.69) is 20.9 Å². The highest BCUT2D eigenvalue weighted by atomic mass is 79.9. The van der Waals surface area contributed by atoms with E-state index < -0.39 is 0 Å². The van der Waals surface area contributed by atoms with Crippen molar-refractivity contribution in [3.63, 3.8) is 0 Å². The van der Waals surface area contributed by atoms with Gasteiger partial charge < -0.3 is 9.64 Å². The predicted octanol–water partition coefficient (Wildman–Crippen LogP) is 1.90. The van der Waals surface area contributed by atoms with E-state index in [9.17, 15) is 4.79 Å². The Hall–Kier alpha value is -0.620. The summed E-state index contributed by atoms with van der Waals surface area (Å²) in [6.45, 7) is 2.43. The first-order valence-electron chi connectivity index (χ1n) is 4.11. The Morgan fingerprint density at radius 1 is 1.79 bits per heavy atom. The third-order valence-corrected chi connectivity index (χ3v) is 3.13. The van der Waals surface area contributed by atoms with Crippen LogP contribution in [0.2, 0.25) is 0 Å². The van der Waals surface area contributed by atoms with Gasteiger partial charge in [-0.2, -0.15) is 0 Å². The zero-order chi connectivity index (χ0) is 10.6. The number of carbonyl (C=O) groups is 1. The third kappa shape index (κ3) is 3.26. The molecule has 0 unspecified atom stereocenters. The summed E-state index contributed by atoms with van der Waals surface area (Å²) in [5.41, 5.74) is 0.